The third kappa shape index (κ3) is 2.64. The molecule has 0 spiro atoms. The third-order valence-electron chi connectivity index (χ3n) is 2.92. The Balaban J connectivity index is 1.95. The molecule has 0 N–H and O–H groups in total. The molecule has 3 aromatic rings. The first-order valence-corrected chi connectivity index (χ1v) is 6.34. The highest BCUT2D eigenvalue weighted by atomic mass is 35.5. The number of nitrogens with zero attached hydrogens (tertiary/aromatic N) is 2. The van der Waals surface area contributed by atoms with Crippen molar-refractivity contribution in [2.75, 3.05) is 0 Å². The van der Waals surface area contributed by atoms with Gasteiger partial charge in [-0.3, -0.25) is 0 Å². The second-order valence-electron chi connectivity index (χ2n) is 4.17. The summed E-state index contributed by atoms with van der Waals surface area (Å²) < 4.78 is 0. The molecule has 19 heavy (non-hydrogen) atoms. The van der Waals surface area contributed by atoms with Crippen molar-refractivity contribution in [1.29, 1.82) is 0 Å². The molecule has 0 atom stereocenters. The molecule has 3 rings (SSSR count). The highest BCUT2D eigenvalue weighted by Gasteiger charge is 2.02. The van der Waals surface area contributed by atoms with E-state index in [1.165, 1.54) is 17.5 Å². The van der Waals surface area contributed by atoms with Crippen molar-refractivity contribution in [2.24, 2.45) is 0 Å². The first kappa shape index (κ1) is 11.9. The van der Waals surface area contributed by atoms with Crippen molar-refractivity contribution >= 4 is 11.6 Å². The van der Waals surface area contributed by atoms with Crippen LogP contribution in [0.15, 0.2) is 67.0 Å². The van der Waals surface area contributed by atoms with Crippen LogP contribution in [0.25, 0.3) is 22.4 Å². The zero-order valence-corrected chi connectivity index (χ0v) is 10.9. The Morgan fingerprint density at radius 1 is 0.684 bits per heavy atom. The molecule has 2 nitrogen and oxygen atoms in total. The molecular formula is C16H11ClN2. The third-order valence-corrected chi connectivity index (χ3v) is 3.13. The molecule has 0 amide bonds. The van der Waals surface area contributed by atoms with Gasteiger partial charge < -0.3 is 0 Å². The Morgan fingerprint density at radius 2 is 1.32 bits per heavy atom. The van der Waals surface area contributed by atoms with Crippen molar-refractivity contribution in [3.05, 3.63) is 72.1 Å². The highest BCUT2D eigenvalue weighted by Crippen LogP contribution is 2.24. The van der Waals surface area contributed by atoms with E-state index >= 15 is 0 Å². The molecule has 1 heterocycles. The predicted octanol–water partition coefficient (Wildman–Crippen LogP) is 4.46. The van der Waals surface area contributed by atoms with E-state index in [2.05, 4.69) is 34.2 Å². The van der Waals surface area contributed by atoms with E-state index in [0.717, 1.165) is 11.3 Å². The van der Waals surface area contributed by atoms with E-state index in [1.54, 1.807) is 6.07 Å². The Bertz CT molecular complexity index is 679. The minimum absolute atomic E-state index is 0.456. The normalized spacial score (nSPS) is 10.4. The van der Waals surface area contributed by atoms with Gasteiger partial charge in [-0.1, -0.05) is 66.2 Å². The van der Waals surface area contributed by atoms with Gasteiger partial charge in [-0.15, -0.1) is 0 Å². The van der Waals surface area contributed by atoms with E-state index in [0.29, 0.717) is 5.15 Å². The fourth-order valence-electron chi connectivity index (χ4n) is 1.96. The number of aromatic nitrogens is 2. The summed E-state index contributed by atoms with van der Waals surface area (Å²) in [5, 5.41) is 0.456. The van der Waals surface area contributed by atoms with Crippen LogP contribution in [-0.2, 0) is 0 Å². The van der Waals surface area contributed by atoms with Crippen molar-refractivity contribution in [3.63, 3.8) is 0 Å². The Kier molecular flexibility index (Phi) is 3.25. The van der Waals surface area contributed by atoms with Crippen molar-refractivity contribution in [3.8, 4) is 22.4 Å². The summed E-state index contributed by atoms with van der Waals surface area (Å²) in [4.78, 5) is 8.10. The van der Waals surface area contributed by atoms with Crippen LogP contribution in [0.5, 0.6) is 0 Å². The van der Waals surface area contributed by atoms with E-state index in [-0.39, 0.29) is 0 Å². The minimum atomic E-state index is 0.456. The van der Waals surface area contributed by atoms with Crippen LogP contribution in [-0.4, -0.2) is 9.97 Å². The molecule has 0 aliphatic rings. The van der Waals surface area contributed by atoms with Crippen LogP contribution in [0.3, 0.4) is 0 Å². The van der Waals surface area contributed by atoms with E-state index in [4.69, 9.17) is 11.6 Å². The smallest absolute Gasteiger partial charge is 0.133 e. The highest BCUT2D eigenvalue weighted by molar-refractivity contribution is 6.29. The molecule has 1 aromatic heterocycles. The first-order chi connectivity index (χ1) is 9.33. The van der Waals surface area contributed by atoms with Crippen LogP contribution in [0.1, 0.15) is 0 Å². The van der Waals surface area contributed by atoms with E-state index in [9.17, 15) is 0 Å². The topological polar surface area (TPSA) is 25.8 Å². The zero-order chi connectivity index (χ0) is 13.1. The first-order valence-electron chi connectivity index (χ1n) is 5.96. The van der Waals surface area contributed by atoms with Gasteiger partial charge in [0.05, 0.1) is 5.69 Å². The van der Waals surface area contributed by atoms with Gasteiger partial charge in [0.2, 0.25) is 0 Å². The quantitative estimate of drug-likeness (QED) is 0.640. The minimum Gasteiger partial charge on any atom is -0.236 e. The van der Waals surface area contributed by atoms with Gasteiger partial charge in [-0.2, -0.15) is 0 Å². The van der Waals surface area contributed by atoms with Gasteiger partial charge in [0.25, 0.3) is 0 Å². The molecule has 0 aliphatic carbocycles. The van der Waals surface area contributed by atoms with E-state index in [1.807, 2.05) is 30.3 Å². The molecule has 0 saturated heterocycles. The Labute approximate surface area is 116 Å². The maximum atomic E-state index is 5.87. The second kappa shape index (κ2) is 5.21. The summed E-state index contributed by atoms with van der Waals surface area (Å²) in [6, 6.07) is 20.3. The average Bonchev–Trinajstić information content (AvgIpc) is 2.48. The summed E-state index contributed by atoms with van der Waals surface area (Å²) >= 11 is 5.87. The lowest BCUT2D eigenvalue weighted by Crippen LogP contribution is -1.85. The lowest BCUT2D eigenvalue weighted by molar-refractivity contribution is 1.17. The average molecular weight is 267 g/mol. The number of hydrogen-bond acceptors (Lipinski definition) is 2. The summed E-state index contributed by atoms with van der Waals surface area (Å²) in [5.74, 6) is 0. The largest absolute Gasteiger partial charge is 0.236 e. The van der Waals surface area contributed by atoms with Crippen molar-refractivity contribution in [2.45, 2.75) is 0 Å². The van der Waals surface area contributed by atoms with Crippen LogP contribution in [0.2, 0.25) is 5.15 Å². The van der Waals surface area contributed by atoms with Crippen molar-refractivity contribution in [1.82, 2.24) is 9.97 Å². The fraction of sp³-hybridized carbons (Fsp3) is 0. The van der Waals surface area contributed by atoms with Crippen LogP contribution in [0, 0.1) is 0 Å². The van der Waals surface area contributed by atoms with Gasteiger partial charge >= 0.3 is 0 Å². The van der Waals surface area contributed by atoms with Crippen LogP contribution in [0.4, 0.5) is 0 Å². The summed E-state index contributed by atoms with van der Waals surface area (Å²) in [6.45, 7) is 0. The van der Waals surface area contributed by atoms with Gasteiger partial charge in [0, 0.05) is 11.6 Å². The summed E-state index contributed by atoms with van der Waals surface area (Å²) in [6.07, 6.45) is 1.47. The monoisotopic (exact) mass is 266 g/mol. The van der Waals surface area contributed by atoms with Gasteiger partial charge in [0.1, 0.15) is 11.5 Å². The molecule has 3 heteroatoms. The molecule has 0 unspecified atom stereocenters. The molecule has 0 bridgehead atoms. The lowest BCUT2D eigenvalue weighted by atomic mass is 10.0. The Hall–Kier alpha value is -2.19. The molecule has 0 radical (unpaired) electrons. The standard InChI is InChI=1S/C16H11ClN2/c17-16-10-15(18-11-19-16)14-8-6-13(7-9-14)12-4-2-1-3-5-12/h1-11H. The summed E-state index contributed by atoms with van der Waals surface area (Å²) in [7, 11) is 0. The maximum absolute atomic E-state index is 5.87. The zero-order valence-electron chi connectivity index (χ0n) is 10.1. The molecule has 0 aliphatic heterocycles. The number of hydrogen-bond donors (Lipinski definition) is 0. The van der Waals surface area contributed by atoms with E-state index < -0.39 is 0 Å². The number of benzene rings is 2. The molecule has 92 valence electrons. The molecule has 0 fully saturated rings. The van der Waals surface area contributed by atoms with Gasteiger partial charge in [0.15, 0.2) is 0 Å². The van der Waals surface area contributed by atoms with Crippen LogP contribution >= 0.6 is 11.6 Å². The second-order valence-corrected chi connectivity index (χ2v) is 4.56. The SMILES string of the molecule is Clc1cc(-c2ccc(-c3ccccc3)cc2)ncn1. The number of rotatable bonds is 2. The number of halogens is 1. The van der Waals surface area contributed by atoms with Gasteiger partial charge in [-0.25, -0.2) is 9.97 Å². The molecule has 2 aromatic carbocycles. The fourth-order valence-corrected chi connectivity index (χ4v) is 2.10. The molecular weight excluding hydrogens is 256 g/mol. The van der Waals surface area contributed by atoms with Crippen molar-refractivity contribution < 1.29 is 0 Å². The lowest BCUT2D eigenvalue weighted by Gasteiger charge is -2.04. The molecule has 0 saturated carbocycles. The maximum Gasteiger partial charge on any atom is 0.133 e. The predicted molar refractivity (Wildman–Crippen MR) is 77.9 cm³/mol. The Morgan fingerprint density at radius 3 is 2.00 bits per heavy atom. The summed E-state index contributed by atoms with van der Waals surface area (Å²) in [5.41, 5.74) is 4.25. The van der Waals surface area contributed by atoms with Gasteiger partial charge in [-0.05, 0) is 11.1 Å². The van der Waals surface area contributed by atoms with Crippen LogP contribution < -0.4 is 0 Å².